The van der Waals surface area contributed by atoms with Crippen LogP contribution in [0.5, 0.6) is 0 Å². The Kier molecular flexibility index (Phi) is 5.02. The molecule has 1 amide bonds. The standard InChI is InChI=1S/C15H22BrNO2/c1-7-12-11(3)17(9-8-13(12)10(2)16)14(18)19-15(4,5)6/h7,11H,1-2,8-9H2,3-6H3. The van der Waals surface area contributed by atoms with E-state index in [0.717, 1.165) is 22.0 Å². The van der Waals surface area contributed by atoms with Crippen LogP contribution in [0.4, 0.5) is 4.79 Å². The van der Waals surface area contributed by atoms with Crippen LogP contribution in [0.15, 0.2) is 34.9 Å². The van der Waals surface area contributed by atoms with Crippen molar-refractivity contribution >= 4 is 22.0 Å². The van der Waals surface area contributed by atoms with Gasteiger partial charge in [0.15, 0.2) is 0 Å². The predicted octanol–water partition coefficient (Wildman–Crippen LogP) is 4.41. The highest BCUT2D eigenvalue weighted by Gasteiger charge is 2.31. The fraction of sp³-hybridized carbons (Fsp3) is 0.533. The fourth-order valence-corrected chi connectivity index (χ4v) is 2.57. The molecular weight excluding hydrogens is 306 g/mol. The summed E-state index contributed by atoms with van der Waals surface area (Å²) >= 11 is 3.42. The van der Waals surface area contributed by atoms with Gasteiger partial charge in [-0.05, 0) is 45.3 Å². The van der Waals surface area contributed by atoms with E-state index in [4.69, 9.17) is 4.74 Å². The number of halogens is 1. The van der Waals surface area contributed by atoms with E-state index in [0.29, 0.717) is 6.54 Å². The predicted molar refractivity (Wildman–Crippen MR) is 82.3 cm³/mol. The molecule has 0 fully saturated rings. The van der Waals surface area contributed by atoms with Crippen molar-refractivity contribution in [2.24, 2.45) is 0 Å². The molecular formula is C15H22BrNO2. The first kappa shape index (κ1) is 16.0. The summed E-state index contributed by atoms with van der Waals surface area (Å²) in [6.45, 7) is 16.0. The molecule has 106 valence electrons. The van der Waals surface area contributed by atoms with Gasteiger partial charge in [0.05, 0.1) is 6.04 Å². The van der Waals surface area contributed by atoms with Crippen LogP contribution in [0.2, 0.25) is 0 Å². The summed E-state index contributed by atoms with van der Waals surface area (Å²) in [5.41, 5.74) is 1.68. The number of ether oxygens (including phenoxy) is 1. The van der Waals surface area contributed by atoms with E-state index >= 15 is 0 Å². The molecule has 3 nitrogen and oxygen atoms in total. The minimum Gasteiger partial charge on any atom is -0.444 e. The Morgan fingerprint density at radius 2 is 2.11 bits per heavy atom. The highest BCUT2D eigenvalue weighted by Crippen LogP contribution is 2.32. The average Bonchev–Trinajstić information content (AvgIpc) is 2.25. The van der Waals surface area contributed by atoms with Crippen molar-refractivity contribution in [2.75, 3.05) is 6.54 Å². The third kappa shape index (κ3) is 3.96. The number of allylic oxidation sites excluding steroid dienone is 1. The number of hydrogen-bond acceptors (Lipinski definition) is 2. The molecule has 0 aromatic heterocycles. The summed E-state index contributed by atoms with van der Waals surface area (Å²) in [6, 6.07) is -0.0506. The zero-order valence-electron chi connectivity index (χ0n) is 12.1. The van der Waals surface area contributed by atoms with Crippen LogP contribution in [-0.2, 0) is 4.74 Å². The lowest BCUT2D eigenvalue weighted by Gasteiger charge is -2.37. The maximum absolute atomic E-state index is 12.2. The Bertz CT molecular complexity index is 432. The summed E-state index contributed by atoms with van der Waals surface area (Å²) in [6.07, 6.45) is 2.27. The smallest absolute Gasteiger partial charge is 0.410 e. The van der Waals surface area contributed by atoms with E-state index in [-0.39, 0.29) is 12.1 Å². The molecule has 1 aliphatic heterocycles. The fourth-order valence-electron chi connectivity index (χ4n) is 2.15. The van der Waals surface area contributed by atoms with E-state index in [1.807, 2.05) is 27.7 Å². The van der Waals surface area contributed by atoms with Gasteiger partial charge >= 0.3 is 6.09 Å². The lowest BCUT2D eigenvalue weighted by atomic mass is 9.94. The Balaban J connectivity index is 2.96. The number of carbonyl (C=O) groups is 1. The van der Waals surface area contributed by atoms with Gasteiger partial charge in [0.25, 0.3) is 0 Å². The van der Waals surface area contributed by atoms with Gasteiger partial charge in [0.2, 0.25) is 0 Å². The highest BCUT2D eigenvalue weighted by molar-refractivity contribution is 9.11. The molecule has 1 atom stereocenters. The van der Waals surface area contributed by atoms with Gasteiger partial charge in [-0.1, -0.05) is 35.2 Å². The van der Waals surface area contributed by atoms with Gasteiger partial charge in [0.1, 0.15) is 5.60 Å². The van der Waals surface area contributed by atoms with Crippen LogP contribution in [-0.4, -0.2) is 29.2 Å². The van der Waals surface area contributed by atoms with Crippen molar-refractivity contribution in [2.45, 2.75) is 45.8 Å². The number of nitrogens with zero attached hydrogens (tertiary/aromatic N) is 1. The first-order valence-corrected chi connectivity index (χ1v) is 7.16. The molecule has 0 saturated heterocycles. The third-order valence-corrected chi connectivity index (χ3v) is 3.52. The Morgan fingerprint density at radius 3 is 2.53 bits per heavy atom. The minimum atomic E-state index is -0.478. The molecule has 0 N–H and O–H groups in total. The molecule has 19 heavy (non-hydrogen) atoms. The summed E-state index contributed by atoms with van der Waals surface area (Å²) < 4.78 is 6.29. The summed E-state index contributed by atoms with van der Waals surface area (Å²) in [5, 5.41) is 0. The normalized spacial score (nSPS) is 20.3. The lowest BCUT2D eigenvalue weighted by molar-refractivity contribution is 0.0196. The SMILES string of the molecule is C=CC1=C(C(=C)Br)CCN(C(=O)OC(C)(C)C)C1C. The van der Waals surface area contributed by atoms with Crippen LogP contribution in [0.3, 0.4) is 0 Å². The minimum absolute atomic E-state index is 0.0506. The zero-order chi connectivity index (χ0) is 14.8. The van der Waals surface area contributed by atoms with Crippen molar-refractivity contribution in [1.82, 2.24) is 4.90 Å². The van der Waals surface area contributed by atoms with Gasteiger partial charge in [-0.3, -0.25) is 0 Å². The largest absolute Gasteiger partial charge is 0.444 e. The molecule has 0 radical (unpaired) electrons. The molecule has 1 heterocycles. The summed E-state index contributed by atoms with van der Waals surface area (Å²) in [4.78, 5) is 13.9. The number of hydrogen-bond donors (Lipinski definition) is 0. The molecule has 0 saturated carbocycles. The molecule has 1 aliphatic rings. The summed E-state index contributed by atoms with van der Waals surface area (Å²) in [7, 11) is 0. The van der Waals surface area contributed by atoms with Crippen molar-refractivity contribution in [3.8, 4) is 0 Å². The molecule has 1 rings (SSSR count). The van der Waals surface area contributed by atoms with Gasteiger partial charge in [0, 0.05) is 11.0 Å². The van der Waals surface area contributed by atoms with Crippen molar-refractivity contribution < 1.29 is 9.53 Å². The Morgan fingerprint density at radius 1 is 1.53 bits per heavy atom. The van der Waals surface area contributed by atoms with Crippen molar-refractivity contribution in [3.05, 3.63) is 34.9 Å². The van der Waals surface area contributed by atoms with Gasteiger partial charge in [-0.25, -0.2) is 4.79 Å². The van der Waals surface area contributed by atoms with Crippen LogP contribution >= 0.6 is 15.9 Å². The first-order chi connectivity index (χ1) is 8.67. The van der Waals surface area contributed by atoms with Crippen LogP contribution in [0, 0.1) is 0 Å². The maximum atomic E-state index is 12.2. The van der Waals surface area contributed by atoms with Gasteiger partial charge in [-0.2, -0.15) is 0 Å². The van der Waals surface area contributed by atoms with Crippen LogP contribution < -0.4 is 0 Å². The monoisotopic (exact) mass is 327 g/mol. The average molecular weight is 328 g/mol. The highest BCUT2D eigenvalue weighted by atomic mass is 79.9. The van der Waals surface area contributed by atoms with Crippen LogP contribution in [0.1, 0.15) is 34.1 Å². The van der Waals surface area contributed by atoms with Gasteiger partial charge < -0.3 is 9.64 Å². The van der Waals surface area contributed by atoms with Gasteiger partial charge in [-0.15, -0.1) is 0 Å². The molecule has 0 aromatic carbocycles. The molecule has 0 bridgehead atoms. The van der Waals surface area contributed by atoms with E-state index in [1.54, 1.807) is 11.0 Å². The van der Waals surface area contributed by atoms with E-state index in [1.165, 1.54) is 0 Å². The second-order valence-corrected chi connectivity index (χ2v) is 6.60. The number of carbonyl (C=O) groups excluding carboxylic acids is 1. The lowest BCUT2D eigenvalue weighted by Crippen LogP contribution is -2.45. The summed E-state index contributed by atoms with van der Waals surface area (Å²) in [5.74, 6) is 0. The maximum Gasteiger partial charge on any atom is 0.410 e. The topological polar surface area (TPSA) is 29.5 Å². The number of amides is 1. The second kappa shape index (κ2) is 5.95. The quantitative estimate of drug-likeness (QED) is 0.751. The molecule has 0 aliphatic carbocycles. The molecule has 0 spiro atoms. The zero-order valence-corrected chi connectivity index (χ0v) is 13.7. The first-order valence-electron chi connectivity index (χ1n) is 6.37. The Labute approximate surface area is 124 Å². The molecule has 0 aromatic rings. The molecule has 4 heteroatoms. The molecule has 1 unspecified atom stereocenters. The third-order valence-electron chi connectivity index (χ3n) is 3.04. The van der Waals surface area contributed by atoms with Crippen LogP contribution in [0.25, 0.3) is 0 Å². The van der Waals surface area contributed by atoms with E-state index in [9.17, 15) is 4.79 Å². The van der Waals surface area contributed by atoms with Crippen molar-refractivity contribution in [1.29, 1.82) is 0 Å². The van der Waals surface area contributed by atoms with Crippen molar-refractivity contribution in [3.63, 3.8) is 0 Å². The Hall–Kier alpha value is -1.03. The second-order valence-electron chi connectivity index (χ2n) is 5.64. The van der Waals surface area contributed by atoms with E-state index in [2.05, 4.69) is 29.1 Å². The van der Waals surface area contributed by atoms with E-state index < -0.39 is 5.60 Å². The number of rotatable bonds is 2.